The summed E-state index contributed by atoms with van der Waals surface area (Å²) in [4.78, 5) is 11.6. The fraction of sp³-hybridized carbons (Fsp3) is 0.316. The number of methoxy groups -OCH3 is 1. The van der Waals surface area contributed by atoms with Gasteiger partial charge in [-0.1, -0.05) is 60.7 Å². The normalized spacial score (nSPS) is 13.4. The first-order valence-electron chi connectivity index (χ1n) is 7.74. The van der Waals surface area contributed by atoms with Crippen LogP contribution in [0, 0.1) is 0 Å². The van der Waals surface area contributed by atoms with Crippen LogP contribution in [-0.2, 0) is 22.4 Å². The van der Waals surface area contributed by atoms with E-state index in [4.69, 9.17) is 4.74 Å². The smallest absolute Gasteiger partial charge is 0.321 e. The Morgan fingerprint density at radius 1 is 1.00 bits per heavy atom. The number of carboxylic acids is 1. The molecule has 0 amide bonds. The molecule has 4 heteroatoms. The maximum atomic E-state index is 11.6. The van der Waals surface area contributed by atoms with E-state index >= 15 is 0 Å². The number of carbonyl (C=O) groups is 1. The fourth-order valence-electron chi connectivity index (χ4n) is 2.62. The molecule has 0 radical (unpaired) electrons. The van der Waals surface area contributed by atoms with Gasteiger partial charge >= 0.3 is 5.97 Å². The van der Waals surface area contributed by atoms with Crippen molar-refractivity contribution < 1.29 is 14.6 Å². The topological polar surface area (TPSA) is 58.6 Å². The van der Waals surface area contributed by atoms with Crippen molar-refractivity contribution in [2.45, 2.75) is 24.9 Å². The van der Waals surface area contributed by atoms with Gasteiger partial charge in [0.1, 0.15) is 6.04 Å². The molecule has 0 aliphatic rings. The highest BCUT2D eigenvalue weighted by Crippen LogP contribution is 2.08. The van der Waals surface area contributed by atoms with Crippen LogP contribution in [0.3, 0.4) is 0 Å². The number of hydrogen-bond donors (Lipinski definition) is 2. The molecular formula is C19H23NO3. The van der Waals surface area contributed by atoms with Gasteiger partial charge in [-0.05, 0) is 24.0 Å². The van der Waals surface area contributed by atoms with E-state index in [9.17, 15) is 9.90 Å². The Morgan fingerprint density at radius 3 is 2.00 bits per heavy atom. The summed E-state index contributed by atoms with van der Waals surface area (Å²) in [7, 11) is 1.63. The van der Waals surface area contributed by atoms with Gasteiger partial charge < -0.3 is 9.84 Å². The molecule has 23 heavy (non-hydrogen) atoms. The van der Waals surface area contributed by atoms with E-state index in [0.717, 1.165) is 17.5 Å². The molecule has 2 rings (SSSR count). The minimum absolute atomic E-state index is 0.0489. The second-order valence-corrected chi connectivity index (χ2v) is 5.59. The molecule has 122 valence electrons. The van der Waals surface area contributed by atoms with Crippen LogP contribution in [0.15, 0.2) is 60.7 Å². The third kappa shape index (κ3) is 5.85. The lowest BCUT2D eigenvalue weighted by atomic mass is 10.0. The van der Waals surface area contributed by atoms with Gasteiger partial charge in [0, 0.05) is 13.2 Å². The van der Waals surface area contributed by atoms with Crippen LogP contribution in [0.2, 0.25) is 0 Å². The van der Waals surface area contributed by atoms with Crippen molar-refractivity contribution in [3.05, 3.63) is 71.8 Å². The first kappa shape index (κ1) is 17.2. The number of hydrogen-bond acceptors (Lipinski definition) is 3. The standard InChI is InChI=1S/C19H23NO3/c1-23-14-17(12-15-8-4-2-5-9-15)20-18(19(21)22)13-16-10-6-3-7-11-16/h2-11,17-18,20H,12-14H2,1H3,(H,21,22)/t17?,18-/m1/s1. The van der Waals surface area contributed by atoms with E-state index < -0.39 is 12.0 Å². The van der Waals surface area contributed by atoms with Crippen LogP contribution in [-0.4, -0.2) is 36.9 Å². The molecule has 0 fully saturated rings. The minimum Gasteiger partial charge on any atom is -0.480 e. The Kier molecular flexibility index (Phi) is 6.78. The SMILES string of the molecule is COCC(Cc1ccccc1)N[C@H](Cc1ccccc1)C(=O)O. The van der Waals surface area contributed by atoms with E-state index in [1.807, 2.05) is 60.7 Å². The van der Waals surface area contributed by atoms with Crippen molar-refractivity contribution in [1.82, 2.24) is 5.32 Å². The molecule has 2 aromatic rings. The molecule has 2 N–H and O–H groups in total. The van der Waals surface area contributed by atoms with Crippen molar-refractivity contribution >= 4 is 5.97 Å². The fourth-order valence-corrected chi connectivity index (χ4v) is 2.62. The summed E-state index contributed by atoms with van der Waals surface area (Å²) >= 11 is 0. The highest BCUT2D eigenvalue weighted by atomic mass is 16.5. The molecular weight excluding hydrogens is 290 g/mol. The molecule has 0 aromatic heterocycles. The van der Waals surface area contributed by atoms with Crippen LogP contribution >= 0.6 is 0 Å². The van der Waals surface area contributed by atoms with Gasteiger partial charge in [0.15, 0.2) is 0 Å². The van der Waals surface area contributed by atoms with Gasteiger partial charge in [-0.2, -0.15) is 0 Å². The molecule has 0 heterocycles. The average molecular weight is 313 g/mol. The number of aliphatic carboxylic acids is 1. The number of ether oxygens (including phenoxy) is 1. The first-order valence-corrected chi connectivity index (χ1v) is 7.74. The lowest BCUT2D eigenvalue weighted by Crippen LogP contribution is -2.47. The van der Waals surface area contributed by atoms with Crippen molar-refractivity contribution in [2.75, 3.05) is 13.7 Å². The zero-order valence-corrected chi connectivity index (χ0v) is 13.3. The van der Waals surface area contributed by atoms with E-state index in [1.165, 1.54) is 0 Å². The second kappa shape index (κ2) is 9.08. The highest BCUT2D eigenvalue weighted by Gasteiger charge is 2.22. The molecule has 0 bridgehead atoms. The first-order chi connectivity index (χ1) is 11.2. The third-order valence-corrected chi connectivity index (χ3v) is 3.71. The van der Waals surface area contributed by atoms with E-state index in [2.05, 4.69) is 5.32 Å². The zero-order chi connectivity index (χ0) is 16.5. The number of carboxylic acid groups (broad SMARTS) is 1. The Hall–Kier alpha value is -2.17. The van der Waals surface area contributed by atoms with Gasteiger partial charge in [0.05, 0.1) is 6.61 Å². The minimum atomic E-state index is -0.844. The number of nitrogens with one attached hydrogen (secondary N) is 1. The largest absolute Gasteiger partial charge is 0.480 e. The Bertz CT molecular complexity index is 586. The zero-order valence-electron chi connectivity index (χ0n) is 13.3. The van der Waals surface area contributed by atoms with Crippen molar-refractivity contribution in [3.63, 3.8) is 0 Å². The lowest BCUT2D eigenvalue weighted by Gasteiger charge is -2.23. The molecule has 0 saturated heterocycles. The van der Waals surface area contributed by atoms with Crippen LogP contribution in [0.4, 0.5) is 0 Å². The van der Waals surface area contributed by atoms with Crippen LogP contribution in [0.5, 0.6) is 0 Å². The van der Waals surface area contributed by atoms with Crippen LogP contribution in [0.1, 0.15) is 11.1 Å². The predicted molar refractivity (Wildman–Crippen MR) is 90.5 cm³/mol. The summed E-state index contributed by atoms with van der Waals surface area (Å²) in [5.41, 5.74) is 2.16. The Morgan fingerprint density at radius 2 is 1.52 bits per heavy atom. The maximum absolute atomic E-state index is 11.6. The average Bonchev–Trinajstić information content (AvgIpc) is 2.56. The molecule has 2 aromatic carbocycles. The molecule has 0 aliphatic heterocycles. The number of rotatable bonds is 9. The summed E-state index contributed by atoms with van der Waals surface area (Å²) < 4.78 is 5.25. The van der Waals surface area contributed by atoms with Gasteiger partial charge in [-0.15, -0.1) is 0 Å². The monoisotopic (exact) mass is 313 g/mol. The molecule has 0 saturated carbocycles. The van der Waals surface area contributed by atoms with E-state index in [0.29, 0.717) is 13.0 Å². The summed E-state index contributed by atoms with van der Waals surface area (Å²) in [5, 5.41) is 12.7. The molecule has 1 unspecified atom stereocenters. The van der Waals surface area contributed by atoms with Gasteiger partial charge in [-0.3, -0.25) is 10.1 Å². The number of benzene rings is 2. The quantitative estimate of drug-likeness (QED) is 0.747. The molecule has 4 nitrogen and oxygen atoms in total. The molecule has 0 spiro atoms. The molecule has 2 atom stereocenters. The van der Waals surface area contributed by atoms with Gasteiger partial charge in [0.25, 0.3) is 0 Å². The highest BCUT2D eigenvalue weighted by molar-refractivity contribution is 5.74. The lowest BCUT2D eigenvalue weighted by molar-refractivity contribution is -0.139. The van der Waals surface area contributed by atoms with Gasteiger partial charge in [-0.25, -0.2) is 0 Å². The maximum Gasteiger partial charge on any atom is 0.321 e. The van der Waals surface area contributed by atoms with Crippen LogP contribution in [0.25, 0.3) is 0 Å². The van der Waals surface area contributed by atoms with Crippen molar-refractivity contribution in [2.24, 2.45) is 0 Å². The van der Waals surface area contributed by atoms with E-state index in [1.54, 1.807) is 7.11 Å². The van der Waals surface area contributed by atoms with Crippen molar-refractivity contribution in [1.29, 1.82) is 0 Å². The summed E-state index contributed by atoms with van der Waals surface area (Å²) in [5.74, 6) is -0.844. The predicted octanol–water partition coefficient (Wildman–Crippen LogP) is 2.53. The summed E-state index contributed by atoms with van der Waals surface area (Å²) in [6, 6.07) is 19.0. The van der Waals surface area contributed by atoms with Gasteiger partial charge in [0.2, 0.25) is 0 Å². The summed E-state index contributed by atoms with van der Waals surface area (Å²) in [6.07, 6.45) is 1.18. The second-order valence-electron chi connectivity index (χ2n) is 5.59. The Labute approximate surface area is 137 Å². The summed E-state index contributed by atoms with van der Waals surface area (Å²) in [6.45, 7) is 0.466. The van der Waals surface area contributed by atoms with Crippen molar-refractivity contribution in [3.8, 4) is 0 Å². The molecule has 0 aliphatic carbocycles. The Balaban J connectivity index is 2.03. The third-order valence-electron chi connectivity index (χ3n) is 3.71. The van der Waals surface area contributed by atoms with Crippen LogP contribution < -0.4 is 5.32 Å². The van der Waals surface area contributed by atoms with E-state index in [-0.39, 0.29) is 6.04 Å².